The summed E-state index contributed by atoms with van der Waals surface area (Å²) in [5.41, 5.74) is 2.42. The molecule has 7 heteroatoms. The van der Waals surface area contributed by atoms with Gasteiger partial charge in [0.05, 0.1) is 54.0 Å². The lowest BCUT2D eigenvalue weighted by Gasteiger charge is -2.13. The maximum atomic E-state index is 13.1. The number of hydrogen-bond acceptors (Lipinski definition) is 4. The fourth-order valence-electron chi connectivity index (χ4n) is 3.24. The lowest BCUT2D eigenvalue weighted by molar-refractivity contribution is 0.224. The van der Waals surface area contributed by atoms with Gasteiger partial charge in [-0.1, -0.05) is 24.6 Å². The second-order valence-corrected chi connectivity index (χ2v) is 6.67. The molecule has 1 N–H and O–H groups in total. The predicted octanol–water partition coefficient (Wildman–Crippen LogP) is 3.33. The molecule has 1 aromatic heterocycles. The van der Waals surface area contributed by atoms with Gasteiger partial charge in [-0.15, -0.1) is 0 Å². The zero-order chi connectivity index (χ0) is 19.6. The summed E-state index contributed by atoms with van der Waals surface area (Å²) in [6, 6.07) is 12.3. The molecule has 0 spiro atoms. The Balaban J connectivity index is 2.19. The zero-order valence-electron chi connectivity index (χ0n) is 15.1. The van der Waals surface area contributed by atoms with Crippen LogP contribution in [0.5, 0.6) is 5.75 Å². The highest BCUT2D eigenvalue weighted by Crippen LogP contribution is 2.26. The Bertz CT molecular complexity index is 1070. The van der Waals surface area contributed by atoms with Crippen LogP contribution in [0.15, 0.2) is 41.2 Å². The SMILES string of the molecule is CC[C@@H](CO)n1c(=O)n(Cc2ccc(OC)c(Cl)c2)c2cc(C#N)ccc21. The number of halogens is 1. The van der Waals surface area contributed by atoms with Gasteiger partial charge in [0.15, 0.2) is 0 Å². The standard InChI is InChI=1S/C20H20ClN3O3/c1-3-15(12-25)24-17-6-4-13(10-22)9-18(17)23(20(24)26)11-14-5-7-19(27-2)16(21)8-14/h4-9,15,25H,3,11-12H2,1-2H3/t15-/m0/s1. The summed E-state index contributed by atoms with van der Waals surface area (Å²) < 4.78 is 8.37. The predicted molar refractivity (Wildman–Crippen MR) is 104 cm³/mol. The lowest BCUT2D eigenvalue weighted by Crippen LogP contribution is -2.29. The summed E-state index contributed by atoms with van der Waals surface area (Å²) in [5, 5.41) is 19.4. The molecule has 3 rings (SSSR count). The van der Waals surface area contributed by atoms with Crippen molar-refractivity contribution in [2.45, 2.75) is 25.9 Å². The minimum Gasteiger partial charge on any atom is -0.495 e. The van der Waals surface area contributed by atoms with Gasteiger partial charge in [0.2, 0.25) is 0 Å². The molecule has 0 fully saturated rings. The third-order valence-corrected chi connectivity index (χ3v) is 4.99. The van der Waals surface area contributed by atoms with Gasteiger partial charge in [0.1, 0.15) is 5.75 Å². The molecule has 0 aliphatic heterocycles. The molecule has 0 aliphatic carbocycles. The molecule has 3 aromatic rings. The molecule has 0 saturated carbocycles. The van der Waals surface area contributed by atoms with E-state index in [-0.39, 0.29) is 18.3 Å². The first-order valence-electron chi connectivity index (χ1n) is 8.62. The molecule has 0 unspecified atom stereocenters. The monoisotopic (exact) mass is 385 g/mol. The number of nitrogens with zero attached hydrogens (tertiary/aromatic N) is 3. The first-order valence-corrected chi connectivity index (χ1v) is 9.00. The number of methoxy groups -OCH3 is 1. The van der Waals surface area contributed by atoms with E-state index in [1.54, 1.807) is 46.6 Å². The molecule has 6 nitrogen and oxygen atoms in total. The van der Waals surface area contributed by atoms with Gasteiger partial charge in [-0.2, -0.15) is 5.26 Å². The van der Waals surface area contributed by atoms with Crippen LogP contribution < -0.4 is 10.4 Å². The number of fused-ring (bicyclic) bond motifs is 1. The summed E-state index contributed by atoms with van der Waals surface area (Å²) in [6.07, 6.45) is 0.615. The summed E-state index contributed by atoms with van der Waals surface area (Å²) in [6.45, 7) is 2.08. The first-order chi connectivity index (χ1) is 13.0. The zero-order valence-corrected chi connectivity index (χ0v) is 15.9. The van der Waals surface area contributed by atoms with Crippen molar-refractivity contribution in [3.8, 4) is 11.8 Å². The number of imidazole rings is 1. The van der Waals surface area contributed by atoms with Crippen molar-refractivity contribution < 1.29 is 9.84 Å². The third kappa shape index (κ3) is 3.44. The van der Waals surface area contributed by atoms with Crippen molar-refractivity contribution in [1.82, 2.24) is 9.13 Å². The van der Waals surface area contributed by atoms with Gasteiger partial charge < -0.3 is 9.84 Å². The van der Waals surface area contributed by atoms with Crippen molar-refractivity contribution >= 4 is 22.6 Å². The van der Waals surface area contributed by atoms with E-state index < -0.39 is 0 Å². The fraction of sp³-hybridized carbons (Fsp3) is 0.300. The van der Waals surface area contributed by atoms with Gasteiger partial charge in [-0.25, -0.2) is 4.79 Å². The maximum Gasteiger partial charge on any atom is 0.329 e. The molecule has 2 aromatic carbocycles. The minimum absolute atomic E-state index is 0.135. The average Bonchev–Trinajstić information content (AvgIpc) is 2.95. The van der Waals surface area contributed by atoms with Crippen LogP contribution in [-0.4, -0.2) is 28.0 Å². The van der Waals surface area contributed by atoms with Crippen molar-refractivity contribution in [3.05, 3.63) is 63.0 Å². The van der Waals surface area contributed by atoms with E-state index in [0.29, 0.717) is 40.3 Å². The second kappa shape index (κ2) is 7.87. The molecule has 1 heterocycles. The number of aliphatic hydroxyl groups is 1. The Morgan fingerprint density at radius 3 is 2.63 bits per heavy atom. The highest BCUT2D eigenvalue weighted by Gasteiger charge is 2.19. The second-order valence-electron chi connectivity index (χ2n) is 6.27. The number of rotatable bonds is 6. The van der Waals surface area contributed by atoms with E-state index in [2.05, 4.69) is 6.07 Å². The summed E-state index contributed by atoms with van der Waals surface area (Å²) in [4.78, 5) is 13.1. The van der Waals surface area contributed by atoms with Crippen molar-refractivity contribution in [1.29, 1.82) is 5.26 Å². The molecular formula is C20H20ClN3O3. The summed E-state index contributed by atoms with van der Waals surface area (Å²) in [5.74, 6) is 0.563. The van der Waals surface area contributed by atoms with Crippen molar-refractivity contribution in [2.75, 3.05) is 13.7 Å². The highest BCUT2D eigenvalue weighted by atomic mass is 35.5. The van der Waals surface area contributed by atoms with Crippen molar-refractivity contribution in [2.24, 2.45) is 0 Å². The molecule has 0 radical (unpaired) electrons. The van der Waals surface area contributed by atoms with Crippen LogP contribution in [0.3, 0.4) is 0 Å². The van der Waals surface area contributed by atoms with E-state index in [1.807, 2.05) is 13.0 Å². The third-order valence-electron chi connectivity index (χ3n) is 4.70. The molecule has 0 saturated heterocycles. The van der Waals surface area contributed by atoms with Crippen LogP contribution in [0.25, 0.3) is 11.0 Å². The quantitative estimate of drug-likeness (QED) is 0.705. The Morgan fingerprint density at radius 1 is 1.26 bits per heavy atom. The van der Waals surface area contributed by atoms with E-state index >= 15 is 0 Å². The largest absolute Gasteiger partial charge is 0.495 e. The summed E-state index contributed by atoms with van der Waals surface area (Å²) in [7, 11) is 1.54. The number of benzene rings is 2. The molecule has 0 amide bonds. The maximum absolute atomic E-state index is 13.1. The minimum atomic E-state index is -0.325. The molecule has 27 heavy (non-hydrogen) atoms. The molecule has 0 bridgehead atoms. The number of aromatic nitrogens is 2. The van der Waals surface area contributed by atoms with E-state index in [0.717, 1.165) is 5.56 Å². The Labute approximate surface area is 161 Å². The number of hydrogen-bond donors (Lipinski definition) is 1. The van der Waals surface area contributed by atoms with E-state index in [9.17, 15) is 15.2 Å². The number of aliphatic hydroxyl groups excluding tert-OH is 1. The van der Waals surface area contributed by atoms with E-state index in [4.69, 9.17) is 16.3 Å². The number of nitriles is 1. The van der Waals surface area contributed by atoms with Crippen LogP contribution in [-0.2, 0) is 6.54 Å². The number of ether oxygens (including phenoxy) is 1. The average molecular weight is 386 g/mol. The Morgan fingerprint density at radius 2 is 2.04 bits per heavy atom. The van der Waals surface area contributed by atoms with Crippen LogP contribution in [0.4, 0.5) is 0 Å². The van der Waals surface area contributed by atoms with Crippen LogP contribution in [0.1, 0.15) is 30.5 Å². The van der Waals surface area contributed by atoms with Gasteiger partial charge in [-0.05, 0) is 42.3 Å². The van der Waals surface area contributed by atoms with Gasteiger partial charge in [0.25, 0.3) is 0 Å². The van der Waals surface area contributed by atoms with Gasteiger partial charge in [-0.3, -0.25) is 9.13 Å². The van der Waals surface area contributed by atoms with Crippen molar-refractivity contribution in [3.63, 3.8) is 0 Å². The highest BCUT2D eigenvalue weighted by molar-refractivity contribution is 6.32. The Kier molecular flexibility index (Phi) is 5.54. The molecule has 140 valence electrons. The fourth-order valence-corrected chi connectivity index (χ4v) is 3.52. The van der Waals surface area contributed by atoms with Crippen LogP contribution >= 0.6 is 11.6 Å². The smallest absolute Gasteiger partial charge is 0.329 e. The molecule has 1 atom stereocenters. The Hall–Kier alpha value is -2.75. The van der Waals surface area contributed by atoms with Crippen LogP contribution in [0, 0.1) is 11.3 Å². The topological polar surface area (TPSA) is 80.2 Å². The first kappa shape index (κ1) is 19.0. The lowest BCUT2D eigenvalue weighted by atomic mass is 10.2. The van der Waals surface area contributed by atoms with Gasteiger partial charge in [0, 0.05) is 0 Å². The summed E-state index contributed by atoms with van der Waals surface area (Å²) >= 11 is 6.21. The van der Waals surface area contributed by atoms with E-state index in [1.165, 1.54) is 0 Å². The molecule has 0 aliphatic rings. The molecular weight excluding hydrogens is 366 g/mol. The van der Waals surface area contributed by atoms with Crippen LogP contribution in [0.2, 0.25) is 5.02 Å². The van der Waals surface area contributed by atoms with Gasteiger partial charge >= 0.3 is 5.69 Å². The normalized spacial score (nSPS) is 12.1.